The Labute approximate surface area is 220 Å². The van der Waals surface area contributed by atoms with Gasteiger partial charge in [-0.25, -0.2) is 9.59 Å². The maximum atomic E-state index is 12.5. The molecule has 0 radical (unpaired) electrons. The molecule has 4 rings (SSSR count). The van der Waals surface area contributed by atoms with Crippen molar-refractivity contribution in [3.8, 4) is 23.0 Å². The summed E-state index contributed by atoms with van der Waals surface area (Å²) in [4.78, 5) is 24.7. The number of ether oxygens (including phenoxy) is 4. The van der Waals surface area contributed by atoms with Gasteiger partial charge in [-0.2, -0.15) is 0 Å². The maximum absolute atomic E-state index is 12.5. The Morgan fingerprint density at radius 3 is 1.37 bits per heavy atom. The number of hydrogen-bond acceptors (Lipinski definition) is 8. The van der Waals surface area contributed by atoms with E-state index < -0.39 is 19.1 Å². The lowest BCUT2D eigenvalue weighted by Gasteiger charge is -2.10. The monoisotopic (exact) mass is 512 g/mol. The van der Waals surface area contributed by atoms with Gasteiger partial charge in [0.1, 0.15) is 36.2 Å². The van der Waals surface area contributed by atoms with Crippen LogP contribution >= 0.6 is 0 Å². The number of aryl methyl sites for hydroxylation is 1. The Hall–Kier alpha value is -4.60. The topological polar surface area (TPSA) is 112 Å². The summed E-state index contributed by atoms with van der Waals surface area (Å²) in [5.74, 6) is 0.768. The zero-order valence-corrected chi connectivity index (χ0v) is 20.6. The molecule has 0 aliphatic carbocycles. The average molecular weight is 512 g/mol. The Bertz CT molecular complexity index is 1350. The van der Waals surface area contributed by atoms with Crippen LogP contribution in [0, 0.1) is 6.92 Å². The molecule has 4 aromatic carbocycles. The summed E-state index contributed by atoms with van der Waals surface area (Å²) in [5.41, 5.74) is 2.21. The van der Waals surface area contributed by atoms with Gasteiger partial charge >= 0.3 is 19.1 Å². The largest absolute Gasteiger partial charge is 0.490 e. The maximum Gasteiger partial charge on any atom is 0.488 e. The third-order valence-corrected chi connectivity index (χ3v) is 5.42. The highest BCUT2D eigenvalue weighted by Crippen LogP contribution is 2.21. The van der Waals surface area contributed by atoms with Crippen LogP contribution in [-0.2, 0) is 0 Å². The standard InChI is InChI=1S/C29H25BO8/c1-20-2-4-21(5-3-20)28(31)37-26-14-16-27(17-15-26)38-29(32)22-6-10-24(11-7-22)35-18-19-36-25-12-8-23(9-13-25)30(33)34/h2-17,33-34H,18-19H2,1H3. The summed E-state index contributed by atoms with van der Waals surface area (Å²) in [6.45, 7) is 2.49. The first-order chi connectivity index (χ1) is 18.4. The molecule has 0 amide bonds. The minimum atomic E-state index is -1.52. The van der Waals surface area contributed by atoms with Crippen LogP contribution in [0.1, 0.15) is 26.3 Å². The Morgan fingerprint density at radius 2 is 0.947 bits per heavy atom. The van der Waals surface area contributed by atoms with Gasteiger partial charge in [-0.1, -0.05) is 29.8 Å². The molecule has 2 N–H and O–H groups in total. The fourth-order valence-electron chi connectivity index (χ4n) is 3.34. The third kappa shape index (κ3) is 7.46. The number of esters is 2. The first kappa shape index (κ1) is 26.5. The van der Waals surface area contributed by atoms with Crippen molar-refractivity contribution < 1.29 is 38.6 Å². The van der Waals surface area contributed by atoms with Gasteiger partial charge in [0.05, 0.1) is 11.1 Å². The van der Waals surface area contributed by atoms with E-state index >= 15 is 0 Å². The minimum Gasteiger partial charge on any atom is -0.490 e. The van der Waals surface area contributed by atoms with Gasteiger partial charge in [0.15, 0.2) is 0 Å². The second-order valence-electron chi connectivity index (χ2n) is 8.28. The Kier molecular flexibility index (Phi) is 8.76. The van der Waals surface area contributed by atoms with Gasteiger partial charge in [-0.05, 0) is 85.2 Å². The highest BCUT2D eigenvalue weighted by molar-refractivity contribution is 6.58. The summed E-state index contributed by atoms with van der Waals surface area (Å²) in [5, 5.41) is 18.2. The Balaban J connectivity index is 1.22. The minimum absolute atomic E-state index is 0.273. The molecule has 0 heterocycles. The van der Waals surface area contributed by atoms with Crippen molar-refractivity contribution in [1.82, 2.24) is 0 Å². The second kappa shape index (κ2) is 12.6. The Morgan fingerprint density at radius 1 is 0.579 bits per heavy atom. The fraction of sp³-hybridized carbons (Fsp3) is 0.103. The summed E-state index contributed by atoms with van der Waals surface area (Å²) < 4.78 is 21.9. The van der Waals surface area contributed by atoms with Crippen molar-refractivity contribution in [2.45, 2.75) is 6.92 Å². The lowest BCUT2D eigenvalue weighted by Crippen LogP contribution is -2.29. The van der Waals surface area contributed by atoms with E-state index in [9.17, 15) is 9.59 Å². The number of carbonyl (C=O) groups excluding carboxylic acids is 2. The van der Waals surface area contributed by atoms with Crippen LogP contribution in [0.5, 0.6) is 23.0 Å². The van der Waals surface area contributed by atoms with Crippen LogP contribution in [0.2, 0.25) is 0 Å². The molecule has 4 aromatic rings. The molecule has 0 saturated carbocycles. The molecule has 0 unspecified atom stereocenters. The molecule has 0 fully saturated rings. The van der Waals surface area contributed by atoms with Crippen molar-refractivity contribution in [3.05, 3.63) is 114 Å². The van der Waals surface area contributed by atoms with Gasteiger partial charge in [0.2, 0.25) is 0 Å². The van der Waals surface area contributed by atoms with E-state index in [1.165, 1.54) is 0 Å². The average Bonchev–Trinajstić information content (AvgIpc) is 2.93. The molecule has 38 heavy (non-hydrogen) atoms. The lowest BCUT2D eigenvalue weighted by molar-refractivity contribution is 0.0719. The summed E-state index contributed by atoms with van der Waals surface area (Å²) in [6.07, 6.45) is 0. The molecule has 0 saturated heterocycles. The van der Waals surface area contributed by atoms with Gasteiger partial charge in [0.25, 0.3) is 0 Å². The zero-order valence-electron chi connectivity index (χ0n) is 20.6. The van der Waals surface area contributed by atoms with Crippen LogP contribution < -0.4 is 24.4 Å². The molecule has 8 nitrogen and oxygen atoms in total. The first-order valence-corrected chi connectivity index (χ1v) is 11.8. The highest BCUT2D eigenvalue weighted by Gasteiger charge is 2.12. The summed E-state index contributed by atoms with van der Waals surface area (Å²) in [7, 11) is -1.52. The lowest BCUT2D eigenvalue weighted by atomic mass is 9.80. The van der Waals surface area contributed by atoms with Crippen LogP contribution in [0.4, 0.5) is 0 Å². The molecule has 0 spiro atoms. The predicted molar refractivity (Wildman–Crippen MR) is 141 cm³/mol. The molecule has 0 atom stereocenters. The molecular weight excluding hydrogens is 487 g/mol. The van der Waals surface area contributed by atoms with Crippen LogP contribution in [-0.4, -0.2) is 42.3 Å². The van der Waals surface area contributed by atoms with Crippen molar-refractivity contribution in [2.75, 3.05) is 13.2 Å². The van der Waals surface area contributed by atoms with Crippen LogP contribution in [0.15, 0.2) is 97.1 Å². The molecule has 9 heteroatoms. The van der Waals surface area contributed by atoms with Gasteiger partial charge in [-0.15, -0.1) is 0 Å². The van der Waals surface area contributed by atoms with Crippen LogP contribution in [0.25, 0.3) is 0 Å². The van der Waals surface area contributed by atoms with E-state index in [4.69, 9.17) is 29.0 Å². The van der Waals surface area contributed by atoms with Crippen molar-refractivity contribution >= 4 is 24.5 Å². The third-order valence-electron chi connectivity index (χ3n) is 5.42. The SMILES string of the molecule is Cc1ccc(C(=O)Oc2ccc(OC(=O)c3ccc(OCCOc4ccc(B(O)O)cc4)cc3)cc2)cc1. The van der Waals surface area contributed by atoms with Gasteiger partial charge in [0, 0.05) is 0 Å². The molecule has 0 aliphatic heterocycles. The zero-order chi connectivity index (χ0) is 26.9. The molecule has 192 valence electrons. The predicted octanol–water partition coefficient (Wildman–Crippen LogP) is 3.57. The van der Waals surface area contributed by atoms with E-state index in [-0.39, 0.29) is 13.2 Å². The summed E-state index contributed by atoms with van der Waals surface area (Å²) >= 11 is 0. The number of carbonyl (C=O) groups is 2. The van der Waals surface area contributed by atoms with E-state index in [0.29, 0.717) is 39.6 Å². The number of benzene rings is 4. The van der Waals surface area contributed by atoms with Gasteiger partial charge < -0.3 is 29.0 Å². The molecule has 0 aromatic heterocycles. The van der Waals surface area contributed by atoms with E-state index in [1.54, 1.807) is 84.9 Å². The van der Waals surface area contributed by atoms with Crippen LogP contribution in [0.3, 0.4) is 0 Å². The fourth-order valence-corrected chi connectivity index (χ4v) is 3.34. The number of rotatable bonds is 10. The molecule has 0 aliphatic rings. The van der Waals surface area contributed by atoms with E-state index in [2.05, 4.69) is 0 Å². The van der Waals surface area contributed by atoms with Crippen molar-refractivity contribution in [1.29, 1.82) is 0 Å². The molecular formula is C29H25BO8. The van der Waals surface area contributed by atoms with E-state index in [0.717, 1.165) is 5.56 Å². The van der Waals surface area contributed by atoms with Crippen molar-refractivity contribution in [3.63, 3.8) is 0 Å². The quantitative estimate of drug-likeness (QED) is 0.144. The van der Waals surface area contributed by atoms with Crippen molar-refractivity contribution in [2.24, 2.45) is 0 Å². The smallest absolute Gasteiger partial charge is 0.488 e. The first-order valence-electron chi connectivity index (χ1n) is 11.8. The van der Waals surface area contributed by atoms with E-state index in [1.807, 2.05) is 19.1 Å². The summed E-state index contributed by atoms with van der Waals surface area (Å²) in [6, 6.07) is 26.2. The molecule has 0 bridgehead atoms. The van der Waals surface area contributed by atoms with Gasteiger partial charge in [-0.3, -0.25) is 0 Å². The second-order valence-corrected chi connectivity index (χ2v) is 8.28. The number of hydrogen-bond donors (Lipinski definition) is 2. The normalized spacial score (nSPS) is 10.4. The highest BCUT2D eigenvalue weighted by atomic mass is 16.5.